The Kier molecular flexibility index (Phi) is 6.31. The zero-order valence-corrected chi connectivity index (χ0v) is 13.0. The van der Waals surface area contributed by atoms with E-state index in [0.29, 0.717) is 24.8 Å². The fourth-order valence-electron chi connectivity index (χ4n) is 1.55. The number of halogens is 1. The van der Waals surface area contributed by atoms with Crippen LogP contribution in [0.5, 0.6) is 5.75 Å². The zero-order valence-electron chi connectivity index (χ0n) is 11.4. The Morgan fingerprint density at radius 2 is 2.16 bits per heavy atom. The summed E-state index contributed by atoms with van der Waals surface area (Å²) in [4.78, 5) is 11.0. The molecule has 5 heteroatoms. The van der Waals surface area contributed by atoms with Gasteiger partial charge >= 0.3 is 5.97 Å². The molecule has 0 saturated carbocycles. The van der Waals surface area contributed by atoms with E-state index in [1.165, 1.54) is 0 Å². The van der Waals surface area contributed by atoms with Crippen LogP contribution in [0, 0.1) is 0 Å². The summed E-state index contributed by atoms with van der Waals surface area (Å²) in [7, 11) is 0. The van der Waals surface area contributed by atoms with Crippen molar-refractivity contribution in [1.29, 1.82) is 0 Å². The molecule has 19 heavy (non-hydrogen) atoms. The number of rotatable bonds is 7. The van der Waals surface area contributed by atoms with Crippen molar-refractivity contribution >= 4 is 21.9 Å². The van der Waals surface area contributed by atoms with Gasteiger partial charge in [0.2, 0.25) is 0 Å². The summed E-state index contributed by atoms with van der Waals surface area (Å²) in [6.07, 6.45) is -0.364. The van der Waals surface area contributed by atoms with E-state index in [9.17, 15) is 4.79 Å². The van der Waals surface area contributed by atoms with E-state index in [-0.39, 0.29) is 0 Å². The minimum absolute atomic E-state index is 0.388. The van der Waals surface area contributed by atoms with Crippen LogP contribution in [0.1, 0.15) is 32.8 Å². The van der Waals surface area contributed by atoms with Crippen molar-refractivity contribution in [1.82, 2.24) is 5.32 Å². The van der Waals surface area contributed by atoms with Gasteiger partial charge in [-0.15, -0.1) is 0 Å². The highest BCUT2D eigenvalue weighted by Crippen LogP contribution is 2.24. The zero-order chi connectivity index (χ0) is 14.4. The third-order valence-electron chi connectivity index (χ3n) is 2.64. The minimum Gasteiger partial charge on any atom is -0.479 e. The topological polar surface area (TPSA) is 58.6 Å². The third-order valence-corrected chi connectivity index (χ3v) is 3.42. The standard InChI is InChI=1S/C14H20BrNO3/c1-4-13(14(17)18)19-11-5-6-12(15)10(7-11)8-16-9(2)3/h5-7,9,13,16H,4,8H2,1-3H3,(H,17,18). The van der Waals surface area contributed by atoms with Crippen LogP contribution < -0.4 is 10.1 Å². The third kappa shape index (κ3) is 5.20. The molecule has 0 fully saturated rings. The van der Waals surface area contributed by atoms with Gasteiger partial charge in [-0.1, -0.05) is 36.7 Å². The Balaban J connectivity index is 2.80. The molecule has 0 radical (unpaired) electrons. The average Bonchev–Trinajstić information content (AvgIpc) is 2.35. The van der Waals surface area contributed by atoms with Crippen LogP contribution in [0.2, 0.25) is 0 Å². The Hall–Kier alpha value is -1.07. The lowest BCUT2D eigenvalue weighted by atomic mass is 10.2. The molecule has 0 heterocycles. The molecule has 0 aliphatic rings. The van der Waals surface area contributed by atoms with E-state index in [0.717, 1.165) is 10.0 Å². The van der Waals surface area contributed by atoms with Gasteiger partial charge in [-0.2, -0.15) is 0 Å². The monoisotopic (exact) mass is 329 g/mol. The largest absolute Gasteiger partial charge is 0.479 e. The van der Waals surface area contributed by atoms with Crippen LogP contribution >= 0.6 is 15.9 Å². The van der Waals surface area contributed by atoms with Gasteiger partial charge < -0.3 is 15.2 Å². The SMILES string of the molecule is CCC(Oc1ccc(Br)c(CNC(C)C)c1)C(=O)O. The second-order valence-corrected chi connectivity index (χ2v) is 5.50. The summed E-state index contributed by atoms with van der Waals surface area (Å²) >= 11 is 3.48. The number of carbonyl (C=O) groups is 1. The van der Waals surface area contributed by atoms with Crippen molar-refractivity contribution < 1.29 is 14.6 Å². The smallest absolute Gasteiger partial charge is 0.344 e. The number of benzene rings is 1. The van der Waals surface area contributed by atoms with Crippen molar-refractivity contribution in [2.24, 2.45) is 0 Å². The molecule has 0 bridgehead atoms. The Morgan fingerprint density at radius 3 is 2.68 bits per heavy atom. The summed E-state index contributed by atoms with van der Waals surface area (Å²) in [6, 6.07) is 5.90. The van der Waals surface area contributed by atoms with E-state index in [4.69, 9.17) is 9.84 Å². The molecule has 106 valence electrons. The number of hydrogen-bond acceptors (Lipinski definition) is 3. The predicted molar refractivity (Wildman–Crippen MR) is 78.5 cm³/mol. The Morgan fingerprint density at radius 1 is 1.47 bits per heavy atom. The molecule has 1 unspecified atom stereocenters. The van der Waals surface area contributed by atoms with Crippen molar-refractivity contribution in [3.8, 4) is 5.75 Å². The van der Waals surface area contributed by atoms with Crippen LogP contribution in [0.25, 0.3) is 0 Å². The van der Waals surface area contributed by atoms with Gasteiger partial charge in [0.1, 0.15) is 5.75 Å². The number of ether oxygens (including phenoxy) is 1. The van der Waals surface area contributed by atoms with Gasteiger partial charge in [-0.05, 0) is 30.2 Å². The highest BCUT2D eigenvalue weighted by molar-refractivity contribution is 9.10. The maximum absolute atomic E-state index is 11.0. The number of carboxylic acids is 1. The van der Waals surface area contributed by atoms with Crippen LogP contribution in [-0.4, -0.2) is 23.2 Å². The molecule has 0 amide bonds. The summed E-state index contributed by atoms with van der Waals surface area (Å²) in [5, 5.41) is 12.3. The van der Waals surface area contributed by atoms with Crippen molar-refractivity contribution in [2.45, 2.75) is 45.9 Å². The predicted octanol–water partition coefficient (Wildman–Crippen LogP) is 3.19. The van der Waals surface area contributed by atoms with Crippen LogP contribution in [0.15, 0.2) is 22.7 Å². The van der Waals surface area contributed by atoms with Gasteiger partial charge in [0.15, 0.2) is 6.10 Å². The molecule has 0 spiro atoms. The van der Waals surface area contributed by atoms with E-state index in [1.54, 1.807) is 13.0 Å². The Labute approximate surface area is 122 Å². The van der Waals surface area contributed by atoms with Crippen LogP contribution in [0.4, 0.5) is 0 Å². The molecule has 0 aromatic heterocycles. The van der Waals surface area contributed by atoms with E-state index < -0.39 is 12.1 Å². The molecule has 4 nitrogen and oxygen atoms in total. The number of nitrogens with one attached hydrogen (secondary N) is 1. The summed E-state index contributed by atoms with van der Waals surface area (Å²) in [6.45, 7) is 6.65. The molecular weight excluding hydrogens is 310 g/mol. The molecule has 1 aromatic rings. The van der Waals surface area contributed by atoms with Crippen molar-refractivity contribution in [3.05, 3.63) is 28.2 Å². The first-order valence-electron chi connectivity index (χ1n) is 6.35. The van der Waals surface area contributed by atoms with E-state index >= 15 is 0 Å². The van der Waals surface area contributed by atoms with Gasteiger partial charge in [-0.3, -0.25) is 0 Å². The molecule has 0 aliphatic heterocycles. The lowest BCUT2D eigenvalue weighted by molar-refractivity contribution is -0.145. The van der Waals surface area contributed by atoms with Crippen LogP contribution in [0.3, 0.4) is 0 Å². The van der Waals surface area contributed by atoms with Gasteiger partial charge in [-0.25, -0.2) is 4.79 Å². The molecule has 1 rings (SSSR count). The molecule has 2 N–H and O–H groups in total. The fourth-order valence-corrected chi connectivity index (χ4v) is 1.93. The molecule has 0 saturated heterocycles. The average molecular weight is 330 g/mol. The molecular formula is C14H20BrNO3. The van der Waals surface area contributed by atoms with Crippen LogP contribution in [-0.2, 0) is 11.3 Å². The molecule has 0 aliphatic carbocycles. The number of hydrogen-bond donors (Lipinski definition) is 2. The molecule has 1 aromatic carbocycles. The maximum atomic E-state index is 11.0. The highest BCUT2D eigenvalue weighted by atomic mass is 79.9. The quantitative estimate of drug-likeness (QED) is 0.806. The van der Waals surface area contributed by atoms with Gasteiger partial charge in [0.25, 0.3) is 0 Å². The second-order valence-electron chi connectivity index (χ2n) is 4.64. The first-order valence-corrected chi connectivity index (χ1v) is 7.14. The minimum atomic E-state index is -0.938. The van der Waals surface area contributed by atoms with Gasteiger partial charge in [0.05, 0.1) is 0 Å². The summed E-state index contributed by atoms with van der Waals surface area (Å²) < 4.78 is 6.46. The lowest BCUT2D eigenvalue weighted by Gasteiger charge is -2.15. The fraction of sp³-hybridized carbons (Fsp3) is 0.500. The summed E-state index contributed by atoms with van der Waals surface area (Å²) in [5.41, 5.74) is 1.05. The second kappa shape index (κ2) is 7.50. The van der Waals surface area contributed by atoms with Crippen molar-refractivity contribution in [2.75, 3.05) is 0 Å². The normalized spacial score (nSPS) is 12.5. The maximum Gasteiger partial charge on any atom is 0.344 e. The Bertz CT molecular complexity index is 435. The van der Waals surface area contributed by atoms with E-state index in [2.05, 4.69) is 35.1 Å². The number of aliphatic carboxylic acids is 1. The van der Waals surface area contributed by atoms with E-state index in [1.807, 2.05) is 12.1 Å². The number of carboxylic acid groups (broad SMARTS) is 1. The highest BCUT2D eigenvalue weighted by Gasteiger charge is 2.17. The lowest BCUT2D eigenvalue weighted by Crippen LogP contribution is -2.26. The first-order chi connectivity index (χ1) is 8.93. The molecule has 1 atom stereocenters. The summed E-state index contributed by atoms with van der Waals surface area (Å²) in [5.74, 6) is -0.356. The van der Waals surface area contributed by atoms with Crippen molar-refractivity contribution in [3.63, 3.8) is 0 Å². The van der Waals surface area contributed by atoms with Gasteiger partial charge in [0, 0.05) is 17.1 Å². The first kappa shape index (κ1) is 16.0.